The van der Waals surface area contributed by atoms with Crippen molar-refractivity contribution in [2.45, 2.75) is 45.1 Å². The second-order valence-electron chi connectivity index (χ2n) is 4.84. The Morgan fingerprint density at radius 1 is 1.26 bits per heavy atom. The fourth-order valence-corrected chi connectivity index (χ4v) is 2.52. The van der Waals surface area contributed by atoms with Gasteiger partial charge in [-0.15, -0.1) is 0 Å². The largest absolute Gasteiger partial charge is 0.490 e. The number of rotatable bonds is 5. The summed E-state index contributed by atoms with van der Waals surface area (Å²) >= 11 is 4.99. The Bertz CT molecular complexity index is 442. The van der Waals surface area contributed by atoms with Crippen molar-refractivity contribution in [3.8, 4) is 11.5 Å². The van der Waals surface area contributed by atoms with Gasteiger partial charge in [-0.2, -0.15) is 0 Å². The number of nitrogens with two attached hydrogens (primary N) is 1. The molecule has 0 aromatic heterocycles. The molecule has 0 amide bonds. The highest BCUT2D eigenvalue weighted by atomic mass is 32.1. The molecule has 0 bridgehead atoms. The van der Waals surface area contributed by atoms with Gasteiger partial charge in [0.05, 0.1) is 12.7 Å². The molecule has 1 aromatic carbocycles. The Labute approximate surface area is 120 Å². The van der Waals surface area contributed by atoms with Crippen molar-refractivity contribution in [3.63, 3.8) is 0 Å². The first-order valence-electron chi connectivity index (χ1n) is 6.94. The van der Waals surface area contributed by atoms with Gasteiger partial charge >= 0.3 is 0 Å². The molecule has 0 atom stereocenters. The van der Waals surface area contributed by atoms with Gasteiger partial charge < -0.3 is 15.2 Å². The lowest BCUT2D eigenvalue weighted by atomic mass is 9.98. The third kappa shape index (κ3) is 3.83. The fraction of sp³-hybridized carbons (Fsp3) is 0.533. The number of thiocarbonyl (C=S) groups is 1. The standard InChI is InChI=1S/C15H21NO2S/c1-2-17-14-10-11(15(16)19)8-9-13(14)18-12-6-4-3-5-7-12/h8-10,12H,2-7H2,1H3,(H2,16,19). The van der Waals surface area contributed by atoms with Crippen LogP contribution in [0.5, 0.6) is 11.5 Å². The Kier molecular flexibility index (Phi) is 5.02. The predicted molar refractivity (Wildman–Crippen MR) is 81.0 cm³/mol. The van der Waals surface area contributed by atoms with Crippen LogP contribution in [0.4, 0.5) is 0 Å². The van der Waals surface area contributed by atoms with Crippen LogP contribution in [-0.4, -0.2) is 17.7 Å². The number of ether oxygens (including phenoxy) is 2. The number of hydrogen-bond acceptors (Lipinski definition) is 3. The number of benzene rings is 1. The molecule has 0 unspecified atom stereocenters. The highest BCUT2D eigenvalue weighted by molar-refractivity contribution is 7.80. The van der Waals surface area contributed by atoms with Crippen molar-refractivity contribution in [1.82, 2.24) is 0 Å². The second-order valence-corrected chi connectivity index (χ2v) is 5.28. The highest BCUT2D eigenvalue weighted by Crippen LogP contribution is 2.32. The summed E-state index contributed by atoms with van der Waals surface area (Å²) in [5, 5.41) is 0. The molecule has 19 heavy (non-hydrogen) atoms. The third-order valence-corrected chi connectivity index (χ3v) is 3.61. The van der Waals surface area contributed by atoms with Crippen molar-refractivity contribution in [2.24, 2.45) is 5.73 Å². The van der Waals surface area contributed by atoms with Crippen molar-refractivity contribution in [3.05, 3.63) is 23.8 Å². The van der Waals surface area contributed by atoms with Gasteiger partial charge in [0.2, 0.25) is 0 Å². The second kappa shape index (κ2) is 6.75. The predicted octanol–water partition coefficient (Wildman–Crippen LogP) is 3.43. The summed E-state index contributed by atoms with van der Waals surface area (Å²) in [4.78, 5) is 0.380. The van der Waals surface area contributed by atoms with E-state index in [9.17, 15) is 0 Å². The van der Waals surface area contributed by atoms with Gasteiger partial charge in [0.25, 0.3) is 0 Å². The molecular weight excluding hydrogens is 258 g/mol. The van der Waals surface area contributed by atoms with E-state index in [2.05, 4.69) is 0 Å². The first kappa shape index (κ1) is 14.1. The molecule has 2 rings (SSSR count). The summed E-state index contributed by atoms with van der Waals surface area (Å²) in [6.07, 6.45) is 6.38. The molecule has 3 nitrogen and oxygen atoms in total. The summed E-state index contributed by atoms with van der Waals surface area (Å²) in [5.74, 6) is 1.53. The summed E-state index contributed by atoms with van der Waals surface area (Å²) in [7, 11) is 0. The van der Waals surface area contributed by atoms with Crippen LogP contribution in [-0.2, 0) is 0 Å². The van der Waals surface area contributed by atoms with E-state index < -0.39 is 0 Å². The van der Waals surface area contributed by atoms with E-state index in [-0.39, 0.29) is 0 Å². The van der Waals surface area contributed by atoms with Crippen molar-refractivity contribution < 1.29 is 9.47 Å². The van der Waals surface area contributed by atoms with Crippen LogP contribution in [0, 0.1) is 0 Å². The minimum absolute atomic E-state index is 0.309. The van der Waals surface area contributed by atoms with Gasteiger partial charge in [0.15, 0.2) is 11.5 Å². The molecule has 2 N–H and O–H groups in total. The van der Waals surface area contributed by atoms with Gasteiger partial charge in [-0.05, 0) is 50.8 Å². The van der Waals surface area contributed by atoms with E-state index >= 15 is 0 Å². The molecule has 1 aliphatic rings. The summed E-state index contributed by atoms with van der Waals surface area (Å²) in [5.41, 5.74) is 6.46. The first-order chi connectivity index (χ1) is 9.20. The molecule has 0 heterocycles. The molecule has 104 valence electrons. The average molecular weight is 279 g/mol. The average Bonchev–Trinajstić information content (AvgIpc) is 2.42. The molecular formula is C15H21NO2S. The zero-order chi connectivity index (χ0) is 13.7. The molecule has 1 fully saturated rings. The van der Waals surface area contributed by atoms with E-state index in [4.69, 9.17) is 27.4 Å². The van der Waals surface area contributed by atoms with Crippen LogP contribution in [0.3, 0.4) is 0 Å². The zero-order valence-corrected chi connectivity index (χ0v) is 12.2. The monoisotopic (exact) mass is 279 g/mol. The molecule has 1 saturated carbocycles. The lowest BCUT2D eigenvalue weighted by molar-refractivity contribution is 0.148. The molecule has 0 radical (unpaired) electrons. The maximum absolute atomic E-state index is 6.06. The Hall–Kier alpha value is -1.29. The topological polar surface area (TPSA) is 44.5 Å². The zero-order valence-electron chi connectivity index (χ0n) is 11.4. The SMILES string of the molecule is CCOc1cc(C(N)=S)ccc1OC1CCCCC1. The maximum atomic E-state index is 6.06. The van der Waals surface area contributed by atoms with E-state index in [0.717, 1.165) is 29.9 Å². The van der Waals surface area contributed by atoms with Crippen molar-refractivity contribution >= 4 is 17.2 Å². The van der Waals surface area contributed by atoms with Crippen LogP contribution >= 0.6 is 12.2 Å². The number of hydrogen-bond donors (Lipinski definition) is 1. The van der Waals surface area contributed by atoms with E-state index in [0.29, 0.717) is 17.7 Å². The third-order valence-electron chi connectivity index (χ3n) is 3.37. The smallest absolute Gasteiger partial charge is 0.161 e. The Morgan fingerprint density at radius 2 is 2.00 bits per heavy atom. The van der Waals surface area contributed by atoms with Crippen LogP contribution in [0.25, 0.3) is 0 Å². The molecule has 0 saturated heterocycles. The maximum Gasteiger partial charge on any atom is 0.161 e. The van der Waals surface area contributed by atoms with E-state index in [1.807, 2.05) is 25.1 Å². The minimum atomic E-state index is 0.309. The quantitative estimate of drug-likeness (QED) is 0.839. The van der Waals surface area contributed by atoms with Crippen molar-refractivity contribution in [1.29, 1.82) is 0 Å². The van der Waals surface area contributed by atoms with Crippen molar-refractivity contribution in [2.75, 3.05) is 6.61 Å². The van der Waals surface area contributed by atoms with Crippen LogP contribution < -0.4 is 15.2 Å². The highest BCUT2D eigenvalue weighted by Gasteiger charge is 2.17. The lowest BCUT2D eigenvalue weighted by Crippen LogP contribution is -2.20. The molecule has 4 heteroatoms. The molecule has 0 aliphatic heterocycles. The van der Waals surface area contributed by atoms with Gasteiger partial charge in [0, 0.05) is 5.56 Å². The van der Waals surface area contributed by atoms with E-state index in [1.54, 1.807) is 0 Å². The molecule has 1 aromatic rings. The minimum Gasteiger partial charge on any atom is -0.490 e. The van der Waals surface area contributed by atoms with Gasteiger partial charge in [-0.1, -0.05) is 18.6 Å². The van der Waals surface area contributed by atoms with Gasteiger partial charge in [-0.3, -0.25) is 0 Å². The fourth-order valence-electron chi connectivity index (χ4n) is 2.39. The Balaban J connectivity index is 2.15. The summed E-state index contributed by atoms with van der Waals surface area (Å²) in [6.45, 7) is 2.56. The normalized spacial score (nSPS) is 16.1. The van der Waals surface area contributed by atoms with Crippen LogP contribution in [0.1, 0.15) is 44.6 Å². The summed E-state index contributed by atoms with van der Waals surface area (Å²) < 4.78 is 11.7. The summed E-state index contributed by atoms with van der Waals surface area (Å²) in [6, 6.07) is 5.67. The first-order valence-corrected chi connectivity index (χ1v) is 7.35. The van der Waals surface area contributed by atoms with Gasteiger partial charge in [-0.25, -0.2) is 0 Å². The molecule has 0 spiro atoms. The van der Waals surface area contributed by atoms with E-state index in [1.165, 1.54) is 19.3 Å². The molecule has 1 aliphatic carbocycles. The van der Waals surface area contributed by atoms with Crippen LogP contribution in [0.15, 0.2) is 18.2 Å². The van der Waals surface area contributed by atoms with Gasteiger partial charge in [0.1, 0.15) is 4.99 Å². The van der Waals surface area contributed by atoms with Crippen LogP contribution in [0.2, 0.25) is 0 Å². The lowest BCUT2D eigenvalue weighted by Gasteiger charge is -2.24. The Morgan fingerprint density at radius 3 is 2.63 bits per heavy atom.